The van der Waals surface area contributed by atoms with Gasteiger partial charge in [0.05, 0.1) is 0 Å². The smallest absolute Gasteiger partial charge is 0.334 e. The molecule has 0 aromatic rings. The van der Waals surface area contributed by atoms with Gasteiger partial charge in [0.25, 0.3) is 0 Å². The minimum atomic E-state index is -0.319. The fraction of sp³-hybridized carbons (Fsp3) is 0.636. The van der Waals surface area contributed by atoms with Crippen LogP contribution in [-0.2, 0) is 19.1 Å². The second-order valence-corrected chi connectivity index (χ2v) is 7.90. The first-order valence-corrected chi connectivity index (χ1v) is 9.64. The Bertz CT molecular complexity index is 635. The number of hydrogen-bond acceptors (Lipinski definition) is 4. The number of esters is 2. The van der Waals surface area contributed by atoms with Crippen molar-refractivity contribution in [2.45, 2.75) is 72.8 Å². The van der Waals surface area contributed by atoms with E-state index in [-0.39, 0.29) is 30.6 Å². The van der Waals surface area contributed by atoms with Crippen LogP contribution in [0.15, 0.2) is 34.4 Å². The van der Waals surface area contributed by atoms with Gasteiger partial charge in [0.2, 0.25) is 0 Å². The van der Waals surface area contributed by atoms with Gasteiger partial charge in [0, 0.05) is 24.8 Å². The summed E-state index contributed by atoms with van der Waals surface area (Å²) in [7, 11) is 0. The van der Waals surface area contributed by atoms with E-state index in [1.807, 2.05) is 0 Å². The fourth-order valence-electron chi connectivity index (χ4n) is 3.98. The molecular formula is C22H32O4. The van der Waals surface area contributed by atoms with E-state index in [0.717, 1.165) is 43.3 Å². The summed E-state index contributed by atoms with van der Waals surface area (Å²) in [6, 6.07) is 0. The van der Waals surface area contributed by atoms with Gasteiger partial charge in [-0.25, -0.2) is 4.79 Å². The van der Waals surface area contributed by atoms with Crippen molar-refractivity contribution < 1.29 is 19.1 Å². The SMILES string of the molecule is CC(=O)OC/C1=C2/C(=O)OC(C/C(C)=C\CC1)C2C(C)CCC=C(C)C. The number of rotatable bonds is 6. The summed E-state index contributed by atoms with van der Waals surface area (Å²) in [5.74, 6) is -0.137. The molecule has 0 N–H and O–H groups in total. The molecule has 0 amide bonds. The number of carbonyl (C=O) groups is 2. The van der Waals surface area contributed by atoms with Gasteiger partial charge in [-0.1, -0.05) is 30.2 Å². The Labute approximate surface area is 157 Å². The van der Waals surface area contributed by atoms with Crippen LogP contribution < -0.4 is 0 Å². The Morgan fingerprint density at radius 2 is 2.12 bits per heavy atom. The highest BCUT2D eigenvalue weighted by molar-refractivity contribution is 5.92. The molecule has 2 rings (SSSR count). The molecule has 144 valence electrons. The maximum absolute atomic E-state index is 12.7. The quantitative estimate of drug-likeness (QED) is 0.499. The predicted octanol–water partition coefficient (Wildman–Crippen LogP) is 4.90. The lowest BCUT2D eigenvalue weighted by atomic mass is 9.78. The van der Waals surface area contributed by atoms with Crippen LogP contribution in [-0.4, -0.2) is 24.6 Å². The predicted molar refractivity (Wildman–Crippen MR) is 102 cm³/mol. The van der Waals surface area contributed by atoms with E-state index in [1.54, 1.807) is 0 Å². The summed E-state index contributed by atoms with van der Waals surface area (Å²) in [5, 5.41) is 0. The standard InChI is InChI=1S/C22H32O4/c1-14(2)8-6-10-16(4)20-19-12-15(3)9-7-11-18(13-25-17(5)23)21(20)22(24)26-19/h8-9,16,19-20H,6-7,10-13H2,1-5H3/b15-9-,21-18+. The molecule has 2 aliphatic rings. The van der Waals surface area contributed by atoms with E-state index in [2.05, 4.69) is 39.8 Å². The van der Waals surface area contributed by atoms with Crippen molar-refractivity contribution in [3.05, 3.63) is 34.4 Å². The van der Waals surface area contributed by atoms with Gasteiger partial charge in [-0.05, 0) is 57.9 Å². The van der Waals surface area contributed by atoms with Crippen molar-refractivity contribution in [1.82, 2.24) is 0 Å². The zero-order valence-corrected chi connectivity index (χ0v) is 16.8. The lowest BCUT2D eigenvalue weighted by Crippen LogP contribution is -2.25. The van der Waals surface area contributed by atoms with Crippen LogP contribution in [0.2, 0.25) is 0 Å². The van der Waals surface area contributed by atoms with Crippen molar-refractivity contribution in [3.8, 4) is 0 Å². The normalized spacial score (nSPS) is 28.8. The van der Waals surface area contributed by atoms with E-state index >= 15 is 0 Å². The molecule has 0 radical (unpaired) electrons. The summed E-state index contributed by atoms with van der Waals surface area (Å²) < 4.78 is 11.0. The Morgan fingerprint density at radius 1 is 1.38 bits per heavy atom. The van der Waals surface area contributed by atoms with Gasteiger partial charge in [-0.15, -0.1) is 0 Å². The number of ether oxygens (including phenoxy) is 2. The molecule has 3 unspecified atom stereocenters. The molecule has 1 aliphatic heterocycles. The molecule has 2 bridgehead atoms. The highest BCUT2D eigenvalue weighted by atomic mass is 16.6. The van der Waals surface area contributed by atoms with Crippen LogP contribution in [0.4, 0.5) is 0 Å². The van der Waals surface area contributed by atoms with Gasteiger partial charge in [0.1, 0.15) is 12.7 Å². The Morgan fingerprint density at radius 3 is 2.77 bits per heavy atom. The van der Waals surface area contributed by atoms with Gasteiger partial charge in [-0.2, -0.15) is 0 Å². The molecular weight excluding hydrogens is 328 g/mol. The van der Waals surface area contributed by atoms with Crippen molar-refractivity contribution >= 4 is 11.9 Å². The lowest BCUT2D eigenvalue weighted by molar-refractivity contribution is -0.141. The minimum Gasteiger partial charge on any atom is -0.461 e. The van der Waals surface area contributed by atoms with E-state index in [9.17, 15) is 9.59 Å². The molecule has 4 heteroatoms. The molecule has 26 heavy (non-hydrogen) atoms. The average molecular weight is 360 g/mol. The Kier molecular flexibility index (Phi) is 7.24. The van der Waals surface area contributed by atoms with E-state index < -0.39 is 0 Å². The first-order chi connectivity index (χ1) is 12.3. The van der Waals surface area contributed by atoms with Gasteiger partial charge in [0.15, 0.2) is 0 Å². The first kappa shape index (κ1) is 20.5. The van der Waals surface area contributed by atoms with Gasteiger partial charge in [-0.3, -0.25) is 4.79 Å². The third-order valence-electron chi connectivity index (χ3n) is 5.29. The molecule has 1 aliphatic carbocycles. The van der Waals surface area contributed by atoms with Crippen molar-refractivity contribution in [2.75, 3.05) is 6.61 Å². The highest BCUT2D eigenvalue weighted by Gasteiger charge is 2.44. The summed E-state index contributed by atoms with van der Waals surface area (Å²) in [6.45, 7) is 10.1. The molecule has 1 fully saturated rings. The third kappa shape index (κ3) is 5.33. The topological polar surface area (TPSA) is 52.6 Å². The minimum absolute atomic E-state index is 0.0695. The molecule has 1 saturated heterocycles. The highest BCUT2D eigenvalue weighted by Crippen LogP contribution is 2.42. The largest absolute Gasteiger partial charge is 0.461 e. The fourth-order valence-corrected chi connectivity index (χ4v) is 3.98. The zero-order valence-electron chi connectivity index (χ0n) is 16.8. The van der Waals surface area contributed by atoms with Crippen molar-refractivity contribution in [2.24, 2.45) is 11.8 Å². The van der Waals surface area contributed by atoms with Crippen molar-refractivity contribution in [1.29, 1.82) is 0 Å². The van der Waals surface area contributed by atoms with Gasteiger partial charge < -0.3 is 9.47 Å². The number of allylic oxidation sites excluding steroid dienone is 3. The number of fused-ring (bicyclic) bond motifs is 2. The Balaban J connectivity index is 2.33. The maximum Gasteiger partial charge on any atom is 0.334 e. The maximum atomic E-state index is 12.7. The lowest BCUT2D eigenvalue weighted by Gasteiger charge is -2.25. The van der Waals surface area contributed by atoms with Crippen LogP contribution in [0.25, 0.3) is 0 Å². The summed E-state index contributed by atoms with van der Waals surface area (Å²) >= 11 is 0. The molecule has 1 heterocycles. The molecule has 0 saturated carbocycles. The van der Waals surface area contributed by atoms with Crippen LogP contribution in [0.3, 0.4) is 0 Å². The summed E-state index contributed by atoms with van der Waals surface area (Å²) in [4.78, 5) is 24.0. The van der Waals surface area contributed by atoms with E-state index in [1.165, 1.54) is 18.1 Å². The molecule has 4 nitrogen and oxygen atoms in total. The van der Waals surface area contributed by atoms with E-state index in [0.29, 0.717) is 5.92 Å². The molecule has 3 atom stereocenters. The summed E-state index contributed by atoms with van der Waals surface area (Å²) in [6.07, 6.45) is 8.75. The summed E-state index contributed by atoms with van der Waals surface area (Å²) in [5.41, 5.74) is 4.27. The second kappa shape index (κ2) is 9.20. The van der Waals surface area contributed by atoms with Gasteiger partial charge >= 0.3 is 11.9 Å². The number of carbonyl (C=O) groups excluding carboxylic acids is 2. The van der Waals surface area contributed by atoms with Crippen LogP contribution in [0.1, 0.15) is 66.7 Å². The molecule has 0 aromatic carbocycles. The van der Waals surface area contributed by atoms with Crippen LogP contribution in [0, 0.1) is 11.8 Å². The monoisotopic (exact) mass is 360 g/mol. The average Bonchev–Trinajstić information content (AvgIpc) is 2.88. The first-order valence-electron chi connectivity index (χ1n) is 9.64. The number of hydrogen-bond donors (Lipinski definition) is 0. The van der Waals surface area contributed by atoms with Crippen LogP contribution >= 0.6 is 0 Å². The molecule has 0 aromatic heterocycles. The second-order valence-electron chi connectivity index (χ2n) is 7.90. The third-order valence-corrected chi connectivity index (χ3v) is 5.29. The van der Waals surface area contributed by atoms with E-state index in [4.69, 9.17) is 9.47 Å². The van der Waals surface area contributed by atoms with Crippen molar-refractivity contribution in [3.63, 3.8) is 0 Å². The Hall–Kier alpha value is -1.84. The molecule has 0 spiro atoms. The zero-order chi connectivity index (χ0) is 19.3. The van der Waals surface area contributed by atoms with Crippen LogP contribution in [0.5, 0.6) is 0 Å².